The predicted molar refractivity (Wildman–Crippen MR) is 85.0 cm³/mol. The van der Waals surface area contributed by atoms with Crippen LogP contribution in [0.1, 0.15) is 15.2 Å². The van der Waals surface area contributed by atoms with Crippen LogP contribution in [0.15, 0.2) is 59.0 Å². The zero-order valence-electron chi connectivity index (χ0n) is 11.0. The van der Waals surface area contributed by atoms with Crippen LogP contribution in [0.3, 0.4) is 0 Å². The van der Waals surface area contributed by atoms with E-state index in [9.17, 15) is 9.90 Å². The van der Waals surface area contributed by atoms with Crippen LogP contribution >= 0.6 is 11.3 Å². The van der Waals surface area contributed by atoms with Crippen molar-refractivity contribution >= 4 is 34.2 Å². The van der Waals surface area contributed by atoms with Crippen molar-refractivity contribution < 1.29 is 9.90 Å². The molecule has 0 spiro atoms. The summed E-state index contributed by atoms with van der Waals surface area (Å²) in [6, 6.07) is 14.8. The molecule has 1 aromatic heterocycles. The van der Waals surface area contributed by atoms with E-state index < -0.39 is 0 Å². The normalized spacial score (nSPS) is 11.0. The standard InChI is InChI=1S/C16H12N2O2S/c19-14-9-12-5-2-1-4-11(12)8-13(14)10-17-18-16(20)15-6-3-7-21-15/h1-10,19H,(H,18,20)/b17-10+. The lowest BCUT2D eigenvalue weighted by molar-refractivity contribution is 0.0959. The topological polar surface area (TPSA) is 61.7 Å². The highest BCUT2D eigenvalue weighted by atomic mass is 32.1. The Morgan fingerprint density at radius 3 is 2.62 bits per heavy atom. The number of carbonyl (C=O) groups is 1. The Balaban J connectivity index is 1.79. The third-order valence-electron chi connectivity index (χ3n) is 3.01. The molecule has 5 heteroatoms. The highest BCUT2D eigenvalue weighted by Gasteiger charge is 2.05. The molecule has 0 fully saturated rings. The van der Waals surface area contributed by atoms with Gasteiger partial charge in [-0.1, -0.05) is 30.3 Å². The molecule has 0 aliphatic heterocycles. The molecule has 3 rings (SSSR count). The van der Waals surface area contributed by atoms with Crippen LogP contribution in [0.2, 0.25) is 0 Å². The predicted octanol–water partition coefficient (Wildman–Crippen LogP) is 3.37. The number of thiophene rings is 1. The molecular weight excluding hydrogens is 284 g/mol. The van der Waals surface area contributed by atoms with Crippen molar-refractivity contribution in [3.05, 3.63) is 64.4 Å². The van der Waals surface area contributed by atoms with E-state index in [0.29, 0.717) is 10.4 Å². The summed E-state index contributed by atoms with van der Waals surface area (Å²) in [4.78, 5) is 12.3. The van der Waals surface area contributed by atoms with E-state index in [1.807, 2.05) is 35.7 Å². The lowest BCUT2D eigenvalue weighted by Gasteiger charge is -2.03. The Kier molecular flexibility index (Phi) is 3.66. The van der Waals surface area contributed by atoms with E-state index in [-0.39, 0.29) is 11.7 Å². The number of aromatic hydroxyl groups is 1. The van der Waals surface area contributed by atoms with Crippen molar-refractivity contribution in [3.8, 4) is 5.75 Å². The van der Waals surface area contributed by atoms with E-state index in [4.69, 9.17) is 0 Å². The molecule has 3 aromatic rings. The van der Waals surface area contributed by atoms with E-state index in [1.165, 1.54) is 17.6 Å². The first-order chi connectivity index (χ1) is 10.2. The van der Waals surface area contributed by atoms with E-state index in [0.717, 1.165) is 10.8 Å². The van der Waals surface area contributed by atoms with Crippen LogP contribution in [-0.2, 0) is 0 Å². The van der Waals surface area contributed by atoms with Crippen molar-refractivity contribution in [1.82, 2.24) is 5.43 Å². The van der Waals surface area contributed by atoms with Gasteiger partial charge in [-0.3, -0.25) is 4.79 Å². The minimum absolute atomic E-state index is 0.128. The Labute approximate surface area is 125 Å². The van der Waals surface area contributed by atoms with Crippen molar-refractivity contribution in [1.29, 1.82) is 0 Å². The summed E-state index contributed by atoms with van der Waals surface area (Å²) in [5.41, 5.74) is 2.99. The zero-order chi connectivity index (χ0) is 14.7. The molecule has 0 saturated carbocycles. The fraction of sp³-hybridized carbons (Fsp3) is 0. The molecule has 0 unspecified atom stereocenters. The maximum absolute atomic E-state index is 11.7. The zero-order valence-corrected chi connectivity index (χ0v) is 11.8. The number of hydrazone groups is 1. The quantitative estimate of drug-likeness (QED) is 0.575. The summed E-state index contributed by atoms with van der Waals surface area (Å²) in [5, 5.41) is 17.6. The molecule has 2 N–H and O–H groups in total. The number of amides is 1. The number of carbonyl (C=O) groups excluding carboxylic acids is 1. The maximum atomic E-state index is 11.7. The smallest absolute Gasteiger partial charge is 0.281 e. The first-order valence-corrected chi connectivity index (χ1v) is 7.21. The van der Waals surface area contributed by atoms with Gasteiger partial charge in [-0.15, -0.1) is 11.3 Å². The van der Waals surface area contributed by atoms with E-state index >= 15 is 0 Å². The van der Waals surface area contributed by atoms with E-state index in [2.05, 4.69) is 10.5 Å². The second kappa shape index (κ2) is 5.76. The van der Waals surface area contributed by atoms with E-state index in [1.54, 1.807) is 18.2 Å². The summed E-state index contributed by atoms with van der Waals surface area (Å²) < 4.78 is 0. The van der Waals surface area contributed by atoms with Gasteiger partial charge in [0.15, 0.2) is 0 Å². The molecule has 0 atom stereocenters. The van der Waals surface area contributed by atoms with Gasteiger partial charge in [-0.2, -0.15) is 5.10 Å². The number of nitrogens with one attached hydrogen (secondary N) is 1. The number of fused-ring (bicyclic) bond motifs is 1. The van der Waals surface area contributed by atoms with Gasteiger partial charge in [0.05, 0.1) is 11.1 Å². The molecule has 0 aliphatic carbocycles. The molecule has 21 heavy (non-hydrogen) atoms. The van der Waals surface area contributed by atoms with Crippen molar-refractivity contribution in [3.63, 3.8) is 0 Å². The molecule has 1 amide bonds. The lowest BCUT2D eigenvalue weighted by atomic mass is 10.1. The van der Waals surface area contributed by atoms with Crippen LogP contribution < -0.4 is 5.43 Å². The molecule has 0 radical (unpaired) electrons. The SMILES string of the molecule is O=C(N/N=C/c1cc2ccccc2cc1O)c1cccs1. The second-order valence-corrected chi connectivity index (χ2v) is 5.38. The number of hydrogen-bond donors (Lipinski definition) is 2. The second-order valence-electron chi connectivity index (χ2n) is 4.43. The highest BCUT2D eigenvalue weighted by Crippen LogP contribution is 2.23. The average Bonchev–Trinajstić information content (AvgIpc) is 3.02. The van der Waals surface area contributed by atoms with Gasteiger partial charge in [0, 0.05) is 5.56 Å². The summed E-state index contributed by atoms with van der Waals surface area (Å²) >= 11 is 1.35. The molecule has 0 saturated heterocycles. The monoisotopic (exact) mass is 296 g/mol. The Hall–Kier alpha value is -2.66. The Morgan fingerprint density at radius 2 is 1.90 bits per heavy atom. The molecule has 4 nitrogen and oxygen atoms in total. The van der Waals surface area contributed by atoms with Gasteiger partial charge >= 0.3 is 0 Å². The fourth-order valence-corrected chi connectivity index (χ4v) is 2.59. The van der Waals surface area contributed by atoms with Crippen molar-refractivity contribution in [2.75, 3.05) is 0 Å². The molecule has 0 bridgehead atoms. The average molecular weight is 296 g/mol. The summed E-state index contributed by atoms with van der Waals surface area (Å²) in [5.74, 6) is -0.135. The van der Waals surface area contributed by atoms with Gasteiger partial charge in [0.25, 0.3) is 5.91 Å². The van der Waals surface area contributed by atoms with Crippen LogP contribution in [0.4, 0.5) is 0 Å². The Morgan fingerprint density at radius 1 is 1.14 bits per heavy atom. The number of hydrogen-bond acceptors (Lipinski definition) is 4. The summed E-state index contributed by atoms with van der Waals surface area (Å²) in [6.45, 7) is 0. The molecule has 0 aliphatic rings. The van der Waals surface area contributed by atoms with Crippen LogP contribution in [0.5, 0.6) is 5.75 Å². The molecular formula is C16H12N2O2S. The number of rotatable bonds is 3. The first kappa shape index (κ1) is 13.3. The number of phenolic OH excluding ortho intramolecular Hbond substituents is 1. The highest BCUT2D eigenvalue weighted by molar-refractivity contribution is 7.12. The van der Waals surface area contributed by atoms with Crippen LogP contribution in [0, 0.1) is 0 Å². The largest absolute Gasteiger partial charge is 0.507 e. The van der Waals surface area contributed by atoms with Gasteiger partial charge in [0.1, 0.15) is 5.75 Å². The summed E-state index contributed by atoms with van der Waals surface area (Å²) in [7, 11) is 0. The summed E-state index contributed by atoms with van der Waals surface area (Å²) in [6.07, 6.45) is 1.44. The van der Waals surface area contributed by atoms with Crippen LogP contribution in [-0.4, -0.2) is 17.2 Å². The number of nitrogens with zero attached hydrogens (tertiary/aromatic N) is 1. The fourth-order valence-electron chi connectivity index (χ4n) is 1.97. The van der Waals surface area contributed by atoms with Crippen molar-refractivity contribution in [2.24, 2.45) is 5.10 Å². The maximum Gasteiger partial charge on any atom is 0.281 e. The molecule has 2 aromatic carbocycles. The van der Waals surface area contributed by atoms with Crippen LogP contribution in [0.25, 0.3) is 10.8 Å². The third kappa shape index (κ3) is 2.93. The van der Waals surface area contributed by atoms with Gasteiger partial charge < -0.3 is 5.11 Å². The van der Waals surface area contributed by atoms with Gasteiger partial charge in [-0.25, -0.2) is 5.43 Å². The number of phenols is 1. The van der Waals surface area contributed by atoms with Crippen molar-refractivity contribution in [2.45, 2.75) is 0 Å². The minimum atomic E-state index is -0.262. The molecule has 1 heterocycles. The lowest BCUT2D eigenvalue weighted by Crippen LogP contribution is -2.16. The Bertz CT molecular complexity index is 810. The minimum Gasteiger partial charge on any atom is -0.507 e. The van der Waals surface area contributed by atoms with Gasteiger partial charge in [-0.05, 0) is 34.4 Å². The van der Waals surface area contributed by atoms with Gasteiger partial charge in [0.2, 0.25) is 0 Å². The molecule has 104 valence electrons. The third-order valence-corrected chi connectivity index (χ3v) is 3.88. The first-order valence-electron chi connectivity index (χ1n) is 6.33. The number of benzene rings is 2.